The molecule has 5 aromatic carbocycles. The summed E-state index contributed by atoms with van der Waals surface area (Å²) in [6, 6.07) is 38.5. The molecular formula is C53H56N2O10. The van der Waals surface area contributed by atoms with Crippen molar-refractivity contribution >= 4 is 35.9 Å². The molecule has 1 aliphatic heterocycles. The van der Waals surface area contributed by atoms with E-state index in [1.165, 1.54) is 36.4 Å². The minimum atomic E-state index is -1.72. The van der Waals surface area contributed by atoms with E-state index in [1.807, 2.05) is 32.9 Å². The molecule has 1 aliphatic rings. The van der Waals surface area contributed by atoms with Crippen molar-refractivity contribution < 1.29 is 49.0 Å². The summed E-state index contributed by atoms with van der Waals surface area (Å²) in [5.41, 5.74) is 11.0. The normalized spacial score (nSPS) is 18.6. The lowest BCUT2D eigenvalue weighted by Gasteiger charge is -2.44. The molecular weight excluding hydrogens is 825 g/mol. The molecule has 5 aromatic rings. The number of rotatable bonds is 17. The van der Waals surface area contributed by atoms with Gasteiger partial charge in [0.05, 0.1) is 22.3 Å². The largest absolute Gasteiger partial charge is 0.459 e. The summed E-state index contributed by atoms with van der Waals surface area (Å²) in [6.07, 6.45) is -1.71. The number of allylic oxidation sites excluding steroid dienone is 2. The van der Waals surface area contributed by atoms with Crippen LogP contribution in [0.2, 0.25) is 0 Å². The molecule has 0 unspecified atom stereocenters. The Labute approximate surface area is 381 Å². The van der Waals surface area contributed by atoms with Crippen LogP contribution in [0.5, 0.6) is 0 Å². The number of esters is 4. The Morgan fingerprint density at radius 1 is 0.677 bits per heavy atom. The van der Waals surface area contributed by atoms with Gasteiger partial charge in [0.1, 0.15) is 12.7 Å². The van der Waals surface area contributed by atoms with Crippen LogP contribution in [0.1, 0.15) is 93.2 Å². The number of hydrogen-bond acceptors (Lipinski definition) is 12. The molecule has 5 atom stereocenters. The van der Waals surface area contributed by atoms with Gasteiger partial charge in [0, 0.05) is 19.1 Å². The van der Waals surface area contributed by atoms with Crippen molar-refractivity contribution in [3.8, 4) is 0 Å². The number of carbonyl (C=O) groups excluding carboxylic acids is 4. The number of nitrogens with one attached hydrogen (secondary N) is 1. The van der Waals surface area contributed by atoms with Crippen molar-refractivity contribution in [2.45, 2.75) is 77.7 Å². The van der Waals surface area contributed by atoms with Crippen LogP contribution in [0.4, 0.5) is 0 Å². The topological polar surface area (TPSA) is 174 Å². The first-order valence-corrected chi connectivity index (χ1v) is 21.6. The Morgan fingerprint density at radius 2 is 1.15 bits per heavy atom. The number of ether oxygens (including phenoxy) is 6. The van der Waals surface area contributed by atoms with E-state index >= 15 is 0 Å². The highest BCUT2D eigenvalue weighted by Crippen LogP contribution is 2.33. The second-order valence-corrected chi connectivity index (χ2v) is 15.8. The summed E-state index contributed by atoms with van der Waals surface area (Å²) in [5, 5.41) is 9.51. The van der Waals surface area contributed by atoms with E-state index in [0.717, 1.165) is 29.5 Å². The van der Waals surface area contributed by atoms with Gasteiger partial charge in [-0.2, -0.15) is 0 Å². The Balaban J connectivity index is 0.00000817. The maximum absolute atomic E-state index is 14.1. The number of aryl methyl sites for hydroxylation is 1. The van der Waals surface area contributed by atoms with Crippen LogP contribution >= 0.6 is 0 Å². The molecule has 338 valence electrons. The van der Waals surface area contributed by atoms with Gasteiger partial charge >= 0.3 is 23.9 Å². The Kier molecular flexibility index (Phi) is 16.6. The van der Waals surface area contributed by atoms with Crippen LogP contribution < -0.4 is 5.73 Å². The van der Waals surface area contributed by atoms with E-state index in [1.54, 1.807) is 84.9 Å². The third-order valence-corrected chi connectivity index (χ3v) is 10.7. The number of nitrogens with two attached hydrogens (primary N) is 1. The first kappa shape index (κ1) is 47.2. The molecule has 0 aromatic heterocycles. The van der Waals surface area contributed by atoms with Crippen molar-refractivity contribution in [1.82, 2.24) is 0 Å². The molecule has 0 radical (unpaired) electrons. The summed E-state index contributed by atoms with van der Waals surface area (Å²) >= 11 is 0. The summed E-state index contributed by atoms with van der Waals surface area (Å²) in [6.45, 7) is 7.32. The molecule has 65 heavy (non-hydrogen) atoms. The Hall–Kier alpha value is -7.31. The summed E-state index contributed by atoms with van der Waals surface area (Å²) < 4.78 is 37.2. The van der Waals surface area contributed by atoms with Gasteiger partial charge in [0.15, 0.2) is 12.2 Å². The molecule has 0 aliphatic carbocycles. The first-order chi connectivity index (χ1) is 31.4. The van der Waals surface area contributed by atoms with Crippen molar-refractivity contribution in [2.75, 3.05) is 6.61 Å². The molecule has 1 saturated heterocycles. The Morgan fingerprint density at radius 3 is 1.63 bits per heavy atom. The second-order valence-electron chi connectivity index (χ2n) is 15.8. The summed E-state index contributed by atoms with van der Waals surface area (Å²) in [7, 11) is 0. The second kappa shape index (κ2) is 22.9. The molecule has 0 spiro atoms. The van der Waals surface area contributed by atoms with E-state index in [0.29, 0.717) is 11.3 Å². The van der Waals surface area contributed by atoms with Crippen LogP contribution in [0.25, 0.3) is 6.08 Å². The Bertz CT molecular complexity index is 2480. The molecule has 0 amide bonds. The lowest BCUT2D eigenvalue weighted by molar-refractivity contribution is -0.279. The fourth-order valence-electron chi connectivity index (χ4n) is 7.07. The quantitative estimate of drug-likeness (QED) is 0.0394. The first-order valence-electron chi connectivity index (χ1n) is 21.6. The van der Waals surface area contributed by atoms with Crippen molar-refractivity contribution in [1.29, 1.82) is 5.41 Å². The van der Waals surface area contributed by atoms with Crippen LogP contribution in [-0.2, 0) is 34.8 Å². The van der Waals surface area contributed by atoms with Crippen molar-refractivity contribution in [2.24, 2.45) is 11.7 Å². The lowest BCUT2D eigenvalue weighted by atomic mass is 9.94. The predicted octanol–water partition coefficient (Wildman–Crippen LogP) is 9.72. The number of carbonyl (C=O) groups is 4. The SMILES string of the molecule is CCC/C=C/c1ccc(C/C(C(=N)O[C@@H]2O[C@H](COC(=O)c3ccccc3)[C@@H](OC(=O)c3ccccc3)[C@H](OC(=O)c3ccccc3)[C@H]2OC(=O)c2ccccc2)=C(/N)C(C)C)c(C)c1.[HH]. The highest BCUT2D eigenvalue weighted by Gasteiger charge is 2.54. The predicted molar refractivity (Wildman–Crippen MR) is 248 cm³/mol. The highest BCUT2D eigenvalue weighted by atomic mass is 16.7. The third-order valence-electron chi connectivity index (χ3n) is 10.7. The van der Waals surface area contributed by atoms with E-state index in [-0.39, 0.29) is 36.0 Å². The van der Waals surface area contributed by atoms with Crippen LogP contribution in [-0.4, -0.2) is 67.1 Å². The highest BCUT2D eigenvalue weighted by molar-refractivity contribution is 5.93. The van der Waals surface area contributed by atoms with Crippen LogP contribution in [0, 0.1) is 18.3 Å². The van der Waals surface area contributed by atoms with Crippen LogP contribution in [0.15, 0.2) is 157 Å². The summed E-state index contributed by atoms with van der Waals surface area (Å²) in [4.78, 5) is 55.4. The average Bonchev–Trinajstić information content (AvgIpc) is 3.33. The van der Waals surface area contributed by atoms with Gasteiger partial charge in [0.2, 0.25) is 18.3 Å². The standard InChI is InChI=1S/C53H54N2O10.H2/c1-5-6-11-20-36-29-30-41(35(4)31-36)32-42(44(54)34(2)3)48(55)65-53-47(64-52(59)40-27-18-10-19-28-40)46(63-51(58)39-25-16-9-17-26-39)45(62-50(57)38-23-14-8-15-24-38)43(61-53)33-60-49(56)37-21-12-7-13-22-37;/h7-31,34,43,45-47,53,55H,5-6,32-33,54H2,1-4H3;1H/b20-11+,44-42-,55-48?;/t43-,45-,46+,47-,53+;/m1./s1. The zero-order valence-corrected chi connectivity index (χ0v) is 36.9. The van der Waals surface area contributed by atoms with Gasteiger partial charge in [-0.3, -0.25) is 5.41 Å². The van der Waals surface area contributed by atoms with Crippen LogP contribution in [0.3, 0.4) is 0 Å². The van der Waals surface area contributed by atoms with E-state index in [4.69, 9.17) is 34.2 Å². The molecule has 0 bridgehead atoms. The molecule has 1 fully saturated rings. The number of hydrogen-bond donors (Lipinski definition) is 2. The molecule has 12 nitrogen and oxygen atoms in total. The molecule has 1 heterocycles. The van der Waals surface area contributed by atoms with Crippen molar-refractivity contribution in [3.63, 3.8) is 0 Å². The fraction of sp³-hybridized carbons (Fsp3) is 0.264. The maximum Gasteiger partial charge on any atom is 0.338 e. The number of benzene rings is 5. The minimum Gasteiger partial charge on any atom is -0.459 e. The fourth-order valence-corrected chi connectivity index (χ4v) is 7.07. The molecule has 6 rings (SSSR count). The monoisotopic (exact) mass is 880 g/mol. The van der Waals surface area contributed by atoms with Crippen molar-refractivity contribution in [3.05, 3.63) is 196 Å². The van der Waals surface area contributed by atoms with E-state index in [9.17, 15) is 24.6 Å². The minimum absolute atomic E-state index is 0. The smallest absolute Gasteiger partial charge is 0.338 e. The average molecular weight is 881 g/mol. The van der Waals surface area contributed by atoms with Gasteiger partial charge in [0.25, 0.3) is 0 Å². The lowest BCUT2D eigenvalue weighted by Crippen LogP contribution is -2.63. The van der Waals surface area contributed by atoms with Gasteiger partial charge in [-0.1, -0.05) is 130 Å². The van der Waals surface area contributed by atoms with Gasteiger partial charge in [-0.25, -0.2) is 19.2 Å². The zero-order chi connectivity index (χ0) is 46.3. The zero-order valence-electron chi connectivity index (χ0n) is 36.9. The molecule has 12 heteroatoms. The molecule has 0 saturated carbocycles. The van der Waals surface area contributed by atoms with Gasteiger partial charge in [-0.05, 0) is 84.5 Å². The van der Waals surface area contributed by atoms with E-state index in [2.05, 4.69) is 25.1 Å². The third kappa shape index (κ3) is 12.7. The summed E-state index contributed by atoms with van der Waals surface area (Å²) in [5.74, 6) is -3.92. The maximum atomic E-state index is 14.1. The number of unbranched alkanes of at least 4 members (excludes halogenated alkanes) is 1. The van der Waals surface area contributed by atoms with E-state index < -0.39 is 67.1 Å². The molecule has 3 N–H and O–H groups in total. The van der Waals surface area contributed by atoms with Gasteiger partial charge < -0.3 is 34.2 Å². The van der Waals surface area contributed by atoms with Gasteiger partial charge in [-0.15, -0.1) is 0 Å².